The maximum atomic E-state index is 14.4. The number of hydrogen-bond acceptors (Lipinski definition) is 6. The van der Waals surface area contributed by atoms with Crippen molar-refractivity contribution >= 4 is 46.3 Å². The fraction of sp³-hybridized carbons (Fsp3) is 0.300. The van der Waals surface area contributed by atoms with Crippen LogP contribution in [0, 0.1) is 12.8 Å². The Labute approximate surface area is 230 Å². The normalized spacial score (nSPS) is 21.4. The van der Waals surface area contributed by atoms with Gasteiger partial charge in [0.15, 0.2) is 5.78 Å². The molecule has 0 saturated carbocycles. The summed E-state index contributed by atoms with van der Waals surface area (Å²) in [4.78, 5) is 44.0. The maximum absolute atomic E-state index is 14.4. The molecule has 2 aromatic carbocycles. The zero-order chi connectivity index (χ0) is 27.0. The minimum Gasteiger partial charge on any atom is -0.497 e. The average molecular weight is 550 g/mol. The van der Waals surface area contributed by atoms with Crippen LogP contribution in [0.5, 0.6) is 5.75 Å². The molecule has 1 amide bonds. The van der Waals surface area contributed by atoms with Gasteiger partial charge in [-0.15, -0.1) is 11.3 Å². The van der Waals surface area contributed by atoms with Crippen LogP contribution in [0.2, 0.25) is 5.02 Å². The van der Waals surface area contributed by atoms with E-state index in [1.54, 1.807) is 25.0 Å². The van der Waals surface area contributed by atoms with E-state index in [9.17, 15) is 14.4 Å². The van der Waals surface area contributed by atoms with Crippen molar-refractivity contribution in [3.05, 3.63) is 92.3 Å². The molecule has 6 nitrogen and oxygen atoms in total. The Morgan fingerprint density at radius 3 is 2.61 bits per heavy atom. The number of rotatable bonds is 6. The van der Waals surface area contributed by atoms with Crippen molar-refractivity contribution in [1.82, 2.24) is 0 Å². The SMILES string of the molecule is CCOC(=O)[C@H]1C(=O)C2=C(C[C@H]1c1cccs1)N(c1ccc(C)c(Cl)c1)C(=O)C[C@H]2c1cccc(OC)c1. The van der Waals surface area contributed by atoms with Crippen molar-refractivity contribution in [2.45, 2.75) is 38.5 Å². The van der Waals surface area contributed by atoms with Crippen LogP contribution in [0.3, 0.4) is 0 Å². The van der Waals surface area contributed by atoms with Gasteiger partial charge in [0.1, 0.15) is 11.7 Å². The second-order valence-corrected chi connectivity index (χ2v) is 10.9. The highest BCUT2D eigenvalue weighted by Gasteiger charge is 2.50. The van der Waals surface area contributed by atoms with E-state index in [0.717, 1.165) is 16.0 Å². The number of benzene rings is 2. The molecular weight excluding hydrogens is 522 g/mol. The van der Waals surface area contributed by atoms with Gasteiger partial charge in [-0.05, 0) is 67.1 Å². The number of anilines is 1. The Kier molecular flexibility index (Phi) is 7.41. The monoisotopic (exact) mass is 549 g/mol. The molecule has 0 unspecified atom stereocenters. The smallest absolute Gasteiger partial charge is 0.317 e. The largest absolute Gasteiger partial charge is 0.497 e. The number of amides is 1. The lowest BCUT2D eigenvalue weighted by molar-refractivity contribution is -0.152. The van der Waals surface area contributed by atoms with E-state index in [2.05, 4.69) is 0 Å². The summed E-state index contributed by atoms with van der Waals surface area (Å²) in [7, 11) is 1.58. The van der Waals surface area contributed by atoms with Gasteiger partial charge in [-0.1, -0.05) is 35.9 Å². The molecule has 1 aromatic heterocycles. The van der Waals surface area contributed by atoms with Crippen LogP contribution in [-0.2, 0) is 19.1 Å². The van der Waals surface area contributed by atoms with Crippen molar-refractivity contribution < 1.29 is 23.9 Å². The lowest BCUT2D eigenvalue weighted by Gasteiger charge is -2.42. The van der Waals surface area contributed by atoms with E-state index in [0.29, 0.717) is 34.2 Å². The molecule has 0 bridgehead atoms. The molecule has 0 spiro atoms. The predicted octanol–water partition coefficient (Wildman–Crippen LogP) is 6.43. The van der Waals surface area contributed by atoms with Gasteiger partial charge in [0.25, 0.3) is 0 Å². The number of methoxy groups -OCH3 is 1. The molecule has 3 aromatic rings. The molecule has 0 saturated heterocycles. The average Bonchev–Trinajstić information content (AvgIpc) is 3.45. The lowest BCUT2D eigenvalue weighted by atomic mass is 9.69. The highest BCUT2D eigenvalue weighted by Crippen LogP contribution is 2.50. The highest BCUT2D eigenvalue weighted by atomic mass is 35.5. The number of aryl methyl sites for hydroxylation is 1. The third-order valence-corrected chi connectivity index (χ3v) is 8.69. The highest BCUT2D eigenvalue weighted by molar-refractivity contribution is 7.10. The molecule has 5 rings (SSSR count). The van der Waals surface area contributed by atoms with Gasteiger partial charge in [0.05, 0.1) is 19.4 Å². The van der Waals surface area contributed by atoms with Crippen molar-refractivity contribution in [2.24, 2.45) is 5.92 Å². The first kappa shape index (κ1) is 26.2. The van der Waals surface area contributed by atoms with Gasteiger partial charge in [0.2, 0.25) is 5.91 Å². The van der Waals surface area contributed by atoms with Crippen LogP contribution in [-0.4, -0.2) is 31.4 Å². The molecule has 3 atom stereocenters. The van der Waals surface area contributed by atoms with E-state index in [-0.39, 0.29) is 24.7 Å². The standard InChI is InChI=1S/C30H28ClNO5S/c1-4-37-30(35)28-22(25-9-6-12-38-25)15-24-27(29(28)34)21(18-7-5-8-20(13-18)36-3)16-26(33)32(24)19-11-10-17(2)23(31)14-19/h5-14,21-22,28H,4,15-16H2,1-3H3/t21-,22-,28+/m0/s1. The van der Waals surface area contributed by atoms with Crippen molar-refractivity contribution in [3.8, 4) is 5.75 Å². The fourth-order valence-electron chi connectivity index (χ4n) is 5.47. The molecule has 1 aliphatic carbocycles. The van der Waals surface area contributed by atoms with Crippen LogP contribution < -0.4 is 9.64 Å². The number of thiophene rings is 1. The van der Waals surface area contributed by atoms with E-state index in [1.807, 2.05) is 60.8 Å². The number of hydrogen-bond donors (Lipinski definition) is 0. The van der Waals surface area contributed by atoms with E-state index in [4.69, 9.17) is 21.1 Å². The molecule has 1 aliphatic heterocycles. The topological polar surface area (TPSA) is 72.9 Å². The number of halogens is 1. The summed E-state index contributed by atoms with van der Waals surface area (Å²) >= 11 is 7.95. The zero-order valence-electron chi connectivity index (χ0n) is 21.4. The molecule has 2 aliphatic rings. The van der Waals surface area contributed by atoms with Gasteiger partial charge in [-0.2, -0.15) is 0 Å². The molecule has 196 valence electrons. The minimum atomic E-state index is -0.989. The Morgan fingerprint density at radius 2 is 1.92 bits per heavy atom. The molecular formula is C30H28ClNO5S. The minimum absolute atomic E-state index is 0.0719. The van der Waals surface area contributed by atoms with Crippen molar-refractivity contribution in [1.29, 1.82) is 0 Å². The summed E-state index contributed by atoms with van der Waals surface area (Å²) < 4.78 is 10.8. The molecule has 38 heavy (non-hydrogen) atoms. The Morgan fingerprint density at radius 1 is 1.11 bits per heavy atom. The number of ketones is 1. The summed E-state index contributed by atoms with van der Waals surface area (Å²) in [5.41, 5.74) is 3.37. The molecule has 8 heteroatoms. The number of carbonyl (C=O) groups excluding carboxylic acids is 3. The van der Waals surface area contributed by atoms with Gasteiger partial charge in [-0.3, -0.25) is 19.3 Å². The maximum Gasteiger partial charge on any atom is 0.317 e. The lowest BCUT2D eigenvalue weighted by Crippen LogP contribution is -2.46. The molecule has 0 fully saturated rings. The number of Topliss-reactive ketones (excluding diaryl/α,β-unsaturated/α-hetero) is 1. The Bertz CT molecular complexity index is 1430. The second-order valence-electron chi connectivity index (χ2n) is 9.48. The first-order chi connectivity index (χ1) is 18.3. The van der Waals surface area contributed by atoms with Crippen LogP contribution in [0.1, 0.15) is 47.6 Å². The van der Waals surface area contributed by atoms with Crippen molar-refractivity contribution in [2.75, 3.05) is 18.6 Å². The molecule has 2 heterocycles. The number of esters is 1. The van der Waals surface area contributed by atoms with E-state index < -0.39 is 23.7 Å². The zero-order valence-corrected chi connectivity index (χ0v) is 23.0. The quantitative estimate of drug-likeness (QED) is 0.262. The summed E-state index contributed by atoms with van der Waals surface area (Å²) in [6.45, 7) is 3.81. The second kappa shape index (κ2) is 10.8. The number of allylic oxidation sites excluding steroid dienone is 2. The first-order valence-corrected chi connectivity index (χ1v) is 13.8. The third-order valence-electron chi connectivity index (χ3n) is 7.28. The summed E-state index contributed by atoms with van der Waals surface area (Å²) in [6, 6.07) is 16.7. The number of carbonyl (C=O) groups is 3. The van der Waals surface area contributed by atoms with Gasteiger partial charge < -0.3 is 9.47 Å². The third kappa shape index (κ3) is 4.65. The Hall–Kier alpha value is -3.42. The van der Waals surface area contributed by atoms with Crippen LogP contribution in [0.15, 0.2) is 71.2 Å². The number of ether oxygens (including phenoxy) is 2. The van der Waals surface area contributed by atoms with Crippen LogP contribution >= 0.6 is 22.9 Å². The summed E-state index contributed by atoms with van der Waals surface area (Å²) in [5, 5.41) is 2.46. The van der Waals surface area contributed by atoms with E-state index in [1.165, 1.54) is 11.3 Å². The Balaban J connectivity index is 1.73. The summed E-state index contributed by atoms with van der Waals surface area (Å²) in [6.07, 6.45) is 0.408. The first-order valence-electron chi connectivity index (χ1n) is 12.5. The van der Waals surface area contributed by atoms with Crippen LogP contribution in [0.25, 0.3) is 0 Å². The molecule has 0 N–H and O–H groups in total. The molecule has 0 radical (unpaired) electrons. The van der Waals surface area contributed by atoms with Crippen LogP contribution in [0.4, 0.5) is 5.69 Å². The fourth-order valence-corrected chi connectivity index (χ4v) is 6.51. The van der Waals surface area contributed by atoms with E-state index >= 15 is 0 Å². The van der Waals surface area contributed by atoms with Gasteiger partial charge >= 0.3 is 5.97 Å². The van der Waals surface area contributed by atoms with Gasteiger partial charge in [0, 0.05) is 39.4 Å². The summed E-state index contributed by atoms with van der Waals surface area (Å²) in [5.74, 6) is -2.29. The number of nitrogens with zero attached hydrogens (tertiary/aromatic N) is 1. The van der Waals surface area contributed by atoms with Gasteiger partial charge in [-0.25, -0.2) is 0 Å². The predicted molar refractivity (Wildman–Crippen MR) is 148 cm³/mol. The van der Waals surface area contributed by atoms with Crippen molar-refractivity contribution in [3.63, 3.8) is 0 Å².